The molecule has 0 saturated carbocycles. The zero-order valence-corrected chi connectivity index (χ0v) is 13.8. The molecule has 1 aromatic rings. The van der Waals surface area contributed by atoms with Gasteiger partial charge in [0.15, 0.2) is 0 Å². The summed E-state index contributed by atoms with van der Waals surface area (Å²) in [5, 5.41) is 10.6. The molecule has 1 fully saturated rings. The molecule has 0 bridgehead atoms. The number of nitrogens with zero attached hydrogens (tertiary/aromatic N) is 3. The molecule has 21 heavy (non-hydrogen) atoms. The summed E-state index contributed by atoms with van der Waals surface area (Å²) in [4.78, 5) is 18.6. The van der Waals surface area contributed by atoms with Crippen molar-refractivity contribution in [1.29, 1.82) is 0 Å². The van der Waals surface area contributed by atoms with E-state index in [1.807, 2.05) is 35.9 Å². The zero-order valence-electron chi connectivity index (χ0n) is 13.0. The lowest BCUT2D eigenvalue weighted by Gasteiger charge is -2.36. The van der Waals surface area contributed by atoms with Gasteiger partial charge >= 0.3 is 0 Å². The highest BCUT2D eigenvalue weighted by Gasteiger charge is 2.32. The van der Waals surface area contributed by atoms with E-state index in [4.69, 9.17) is 0 Å². The van der Waals surface area contributed by atoms with Crippen LogP contribution in [0.2, 0.25) is 0 Å². The van der Waals surface area contributed by atoms with Crippen molar-refractivity contribution >= 4 is 17.7 Å². The molecule has 1 aliphatic rings. The van der Waals surface area contributed by atoms with Crippen molar-refractivity contribution in [3.05, 3.63) is 18.2 Å². The highest BCUT2D eigenvalue weighted by Crippen LogP contribution is 2.29. The number of aromatic nitrogens is 2. The van der Waals surface area contributed by atoms with Crippen molar-refractivity contribution in [2.45, 2.75) is 37.5 Å². The fraction of sp³-hybridized carbons (Fsp3) is 0.733. The minimum atomic E-state index is -0.602. The van der Waals surface area contributed by atoms with E-state index < -0.39 is 6.10 Å². The van der Waals surface area contributed by atoms with Gasteiger partial charge in [-0.1, -0.05) is 6.92 Å². The second-order valence-electron chi connectivity index (χ2n) is 5.66. The first kappa shape index (κ1) is 16.4. The highest BCUT2D eigenvalue weighted by atomic mass is 32.2. The van der Waals surface area contributed by atoms with E-state index in [1.54, 1.807) is 18.0 Å². The Kier molecular flexibility index (Phi) is 5.70. The number of hydrogen-bond donors (Lipinski definition) is 1. The van der Waals surface area contributed by atoms with Crippen LogP contribution >= 0.6 is 11.8 Å². The smallest absolute Gasteiger partial charge is 0.235 e. The predicted molar refractivity (Wildman–Crippen MR) is 85.1 cm³/mol. The van der Waals surface area contributed by atoms with Crippen LogP contribution in [0.15, 0.2) is 12.4 Å². The number of piperidine rings is 1. The molecule has 2 heterocycles. The summed E-state index contributed by atoms with van der Waals surface area (Å²) in [6, 6.07) is 0. The molecule has 2 rings (SSSR count). The van der Waals surface area contributed by atoms with Crippen LogP contribution in [0.3, 0.4) is 0 Å². The molecule has 0 aromatic carbocycles. The normalized spacial score (nSPS) is 22.1. The number of carbonyl (C=O) groups is 1. The third-order valence-electron chi connectivity index (χ3n) is 4.27. The molecular formula is C15H25N3O2S. The van der Waals surface area contributed by atoms with Gasteiger partial charge in [0.2, 0.25) is 5.91 Å². The number of rotatable bonds is 5. The third-order valence-corrected chi connectivity index (χ3v) is 5.37. The van der Waals surface area contributed by atoms with Crippen molar-refractivity contribution in [1.82, 2.24) is 14.5 Å². The molecular weight excluding hydrogens is 286 g/mol. The van der Waals surface area contributed by atoms with Crippen LogP contribution < -0.4 is 0 Å². The molecule has 1 saturated heterocycles. The lowest BCUT2D eigenvalue weighted by atomic mass is 9.91. The molecule has 118 valence electrons. The first-order chi connectivity index (χ1) is 10.1. The van der Waals surface area contributed by atoms with Crippen LogP contribution in [0, 0.1) is 5.92 Å². The fourth-order valence-corrected chi connectivity index (χ4v) is 3.67. The minimum absolute atomic E-state index is 0.0362. The van der Waals surface area contributed by atoms with Crippen LogP contribution in [0.4, 0.5) is 0 Å². The predicted octanol–water partition coefficient (Wildman–Crippen LogP) is 1.83. The summed E-state index contributed by atoms with van der Waals surface area (Å²) in [6.45, 7) is 3.48. The molecule has 5 nitrogen and oxygen atoms in total. The summed E-state index contributed by atoms with van der Waals surface area (Å²) in [5.74, 6) is 0.969. The maximum Gasteiger partial charge on any atom is 0.235 e. The number of amides is 1. The van der Waals surface area contributed by atoms with Crippen molar-refractivity contribution in [2.75, 3.05) is 19.3 Å². The summed E-state index contributed by atoms with van der Waals surface area (Å²) >= 11 is 1.61. The van der Waals surface area contributed by atoms with E-state index in [0.717, 1.165) is 25.8 Å². The number of carbonyl (C=O) groups excluding carboxylic acids is 1. The Hall–Kier alpha value is -1.01. The van der Waals surface area contributed by atoms with Gasteiger partial charge in [-0.15, -0.1) is 0 Å². The zero-order chi connectivity index (χ0) is 15.4. The summed E-state index contributed by atoms with van der Waals surface area (Å²) in [6.07, 6.45) is 7.65. The molecule has 1 aliphatic heterocycles. The SMILES string of the molecule is CCC(SC)C(=O)N1CCCC(C(O)c2nccn2C)C1. The topological polar surface area (TPSA) is 58.4 Å². The molecule has 0 radical (unpaired) electrons. The minimum Gasteiger partial charge on any atom is -0.385 e. The number of aliphatic hydroxyl groups is 1. The number of imidazole rings is 1. The van der Waals surface area contributed by atoms with Crippen molar-refractivity contribution in [2.24, 2.45) is 13.0 Å². The van der Waals surface area contributed by atoms with Gasteiger partial charge in [0.1, 0.15) is 11.9 Å². The van der Waals surface area contributed by atoms with Crippen molar-refractivity contribution < 1.29 is 9.90 Å². The standard InChI is InChI=1S/C15H25N3O2S/c1-4-12(21-3)15(20)18-8-5-6-11(10-18)13(19)14-16-7-9-17(14)2/h7,9,11-13,19H,4-6,8,10H2,1-3H3. The molecule has 1 amide bonds. The van der Waals surface area contributed by atoms with E-state index in [1.165, 1.54) is 0 Å². The Morgan fingerprint density at radius 1 is 1.62 bits per heavy atom. The number of aliphatic hydroxyl groups excluding tert-OH is 1. The van der Waals surface area contributed by atoms with E-state index in [2.05, 4.69) is 4.98 Å². The van der Waals surface area contributed by atoms with Gasteiger partial charge in [-0.25, -0.2) is 4.98 Å². The maximum absolute atomic E-state index is 12.5. The van der Waals surface area contributed by atoms with E-state index in [9.17, 15) is 9.90 Å². The number of likely N-dealkylation sites (tertiary alicyclic amines) is 1. The Morgan fingerprint density at radius 2 is 2.38 bits per heavy atom. The quantitative estimate of drug-likeness (QED) is 0.901. The van der Waals surface area contributed by atoms with E-state index in [0.29, 0.717) is 12.4 Å². The molecule has 3 atom stereocenters. The third kappa shape index (κ3) is 3.61. The van der Waals surface area contributed by atoms with Crippen LogP contribution in [-0.2, 0) is 11.8 Å². The largest absolute Gasteiger partial charge is 0.385 e. The van der Waals surface area contributed by atoms with Crippen LogP contribution in [0.5, 0.6) is 0 Å². The number of thioether (sulfide) groups is 1. The fourth-order valence-electron chi connectivity index (χ4n) is 2.99. The van der Waals surface area contributed by atoms with Gasteiger partial charge in [-0.05, 0) is 25.5 Å². The van der Waals surface area contributed by atoms with Gasteiger partial charge < -0.3 is 14.6 Å². The molecule has 0 aliphatic carbocycles. The molecule has 3 unspecified atom stereocenters. The van der Waals surface area contributed by atoms with Gasteiger partial charge in [0.05, 0.1) is 5.25 Å². The Bertz CT molecular complexity index is 473. The summed E-state index contributed by atoms with van der Waals surface area (Å²) in [5.41, 5.74) is 0. The molecule has 1 N–H and O–H groups in total. The average Bonchev–Trinajstić information content (AvgIpc) is 2.94. The van der Waals surface area contributed by atoms with Gasteiger partial charge in [-0.2, -0.15) is 11.8 Å². The van der Waals surface area contributed by atoms with E-state index in [-0.39, 0.29) is 17.1 Å². The first-order valence-corrected chi connectivity index (χ1v) is 8.84. The summed E-state index contributed by atoms with van der Waals surface area (Å²) in [7, 11) is 1.89. The molecule has 0 spiro atoms. The summed E-state index contributed by atoms with van der Waals surface area (Å²) < 4.78 is 1.85. The average molecular weight is 311 g/mol. The Balaban J connectivity index is 2.04. The number of aryl methyl sites for hydroxylation is 1. The monoisotopic (exact) mass is 311 g/mol. The first-order valence-electron chi connectivity index (χ1n) is 7.55. The highest BCUT2D eigenvalue weighted by molar-refractivity contribution is 7.99. The molecule has 6 heteroatoms. The van der Waals surface area contributed by atoms with Crippen molar-refractivity contribution in [3.63, 3.8) is 0 Å². The number of hydrogen-bond acceptors (Lipinski definition) is 4. The Labute approximate surface area is 130 Å². The Morgan fingerprint density at radius 3 is 2.95 bits per heavy atom. The van der Waals surface area contributed by atoms with E-state index >= 15 is 0 Å². The lowest BCUT2D eigenvalue weighted by Crippen LogP contribution is -2.45. The maximum atomic E-state index is 12.5. The van der Waals surface area contributed by atoms with Crippen molar-refractivity contribution in [3.8, 4) is 0 Å². The second-order valence-corrected chi connectivity index (χ2v) is 6.70. The molecule has 1 aromatic heterocycles. The van der Waals surface area contributed by atoms with Crippen LogP contribution in [0.25, 0.3) is 0 Å². The van der Waals surface area contributed by atoms with Gasteiger partial charge in [0.25, 0.3) is 0 Å². The van der Waals surface area contributed by atoms with Gasteiger partial charge in [0, 0.05) is 38.4 Å². The lowest BCUT2D eigenvalue weighted by molar-refractivity contribution is -0.133. The van der Waals surface area contributed by atoms with Crippen LogP contribution in [-0.4, -0.2) is 50.1 Å². The van der Waals surface area contributed by atoms with Crippen LogP contribution in [0.1, 0.15) is 38.1 Å². The van der Waals surface area contributed by atoms with Gasteiger partial charge in [-0.3, -0.25) is 4.79 Å². The second kappa shape index (κ2) is 7.31.